The minimum atomic E-state index is -3.18. The standard InChI is InChI=1S/C36H74O4S2/c1-4-6-8-10-12-14-16-18-20-22-24-26-28-30-32-41(37,38)34-36(3)35-42(39,40)33-31-29-27-25-23-21-19-17-15-13-11-9-7-5-2/h36H,4-35H2,1-3H3. The van der Waals surface area contributed by atoms with Gasteiger partial charge in [0.05, 0.1) is 23.0 Å². The summed E-state index contributed by atoms with van der Waals surface area (Å²) in [6, 6.07) is 0. The van der Waals surface area contributed by atoms with Crippen LogP contribution in [0.4, 0.5) is 0 Å². The lowest BCUT2D eigenvalue weighted by Gasteiger charge is -2.13. The van der Waals surface area contributed by atoms with Gasteiger partial charge >= 0.3 is 0 Å². The van der Waals surface area contributed by atoms with E-state index in [4.69, 9.17) is 0 Å². The van der Waals surface area contributed by atoms with Gasteiger partial charge in [-0.25, -0.2) is 16.8 Å². The van der Waals surface area contributed by atoms with Crippen molar-refractivity contribution >= 4 is 19.7 Å². The quantitative estimate of drug-likeness (QED) is 0.0660. The smallest absolute Gasteiger partial charge is 0.150 e. The van der Waals surface area contributed by atoms with Gasteiger partial charge in [0.2, 0.25) is 0 Å². The lowest BCUT2D eigenvalue weighted by molar-refractivity contribution is 0.535. The average molecular weight is 635 g/mol. The van der Waals surface area contributed by atoms with Gasteiger partial charge in [0.15, 0.2) is 19.7 Å². The van der Waals surface area contributed by atoms with Crippen LogP contribution in [0, 0.1) is 5.92 Å². The zero-order valence-electron chi connectivity index (χ0n) is 28.7. The summed E-state index contributed by atoms with van der Waals surface area (Å²) in [6.07, 6.45) is 34.9. The van der Waals surface area contributed by atoms with Crippen LogP contribution in [0.3, 0.4) is 0 Å². The first-order valence-electron chi connectivity index (χ1n) is 18.6. The van der Waals surface area contributed by atoms with Gasteiger partial charge in [0.25, 0.3) is 0 Å². The molecule has 0 aromatic carbocycles. The SMILES string of the molecule is CCCCCCCCCCCCCCCCS(=O)(=O)CC(C)CS(=O)(=O)CCCCCCCCCCCCCCCC. The molecule has 0 saturated carbocycles. The first kappa shape index (κ1) is 41.9. The molecule has 0 aliphatic heterocycles. The first-order valence-corrected chi connectivity index (χ1v) is 22.3. The van der Waals surface area contributed by atoms with Crippen molar-refractivity contribution in [3.63, 3.8) is 0 Å². The molecule has 42 heavy (non-hydrogen) atoms. The second-order valence-electron chi connectivity index (χ2n) is 13.5. The fraction of sp³-hybridized carbons (Fsp3) is 1.00. The zero-order chi connectivity index (χ0) is 31.2. The minimum absolute atomic E-state index is 0.00339. The highest BCUT2D eigenvalue weighted by Crippen LogP contribution is 2.16. The van der Waals surface area contributed by atoms with Gasteiger partial charge in [-0.1, -0.05) is 188 Å². The molecule has 0 unspecified atom stereocenters. The van der Waals surface area contributed by atoms with E-state index in [1.165, 1.54) is 141 Å². The third kappa shape index (κ3) is 31.3. The summed E-state index contributed by atoms with van der Waals surface area (Å²) < 4.78 is 50.2. The van der Waals surface area contributed by atoms with Crippen LogP contribution in [0.2, 0.25) is 0 Å². The van der Waals surface area contributed by atoms with Crippen LogP contribution in [0.25, 0.3) is 0 Å². The summed E-state index contributed by atoms with van der Waals surface area (Å²) >= 11 is 0. The number of rotatable bonds is 34. The predicted molar refractivity (Wildman–Crippen MR) is 187 cm³/mol. The summed E-state index contributed by atoms with van der Waals surface area (Å²) in [5.74, 6) is 0.0913. The zero-order valence-corrected chi connectivity index (χ0v) is 30.3. The molecule has 0 bridgehead atoms. The van der Waals surface area contributed by atoms with Crippen molar-refractivity contribution in [2.45, 2.75) is 201 Å². The molecule has 0 N–H and O–H groups in total. The van der Waals surface area contributed by atoms with Gasteiger partial charge in [-0.15, -0.1) is 0 Å². The Morgan fingerprint density at radius 1 is 0.333 bits per heavy atom. The second-order valence-corrected chi connectivity index (χ2v) is 18.0. The summed E-state index contributed by atoms with van der Waals surface area (Å²) in [5, 5.41) is 0. The fourth-order valence-corrected chi connectivity index (χ4v) is 9.85. The molecule has 0 aromatic rings. The van der Waals surface area contributed by atoms with E-state index >= 15 is 0 Å². The highest BCUT2D eigenvalue weighted by atomic mass is 32.2. The molecule has 0 saturated heterocycles. The van der Waals surface area contributed by atoms with Crippen molar-refractivity contribution in [3.05, 3.63) is 0 Å². The summed E-state index contributed by atoms with van der Waals surface area (Å²) in [7, 11) is -6.37. The average Bonchev–Trinajstić information content (AvgIpc) is 2.92. The van der Waals surface area contributed by atoms with Gasteiger partial charge in [-0.3, -0.25) is 0 Å². The Balaban J connectivity index is 3.69. The van der Waals surface area contributed by atoms with E-state index in [0.717, 1.165) is 25.7 Å². The van der Waals surface area contributed by atoms with Crippen molar-refractivity contribution in [2.75, 3.05) is 23.0 Å². The Hall–Kier alpha value is -0.100. The van der Waals surface area contributed by atoms with Gasteiger partial charge in [-0.2, -0.15) is 0 Å². The molecule has 4 nitrogen and oxygen atoms in total. The Kier molecular flexibility index (Phi) is 29.5. The maximum atomic E-state index is 12.5. The Morgan fingerprint density at radius 2 is 0.524 bits per heavy atom. The minimum Gasteiger partial charge on any atom is -0.229 e. The lowest BCUT2D eigenvalue weighted by atomic mass is 10.0. The number of hydrogen-bond acceptors (Lipinski definition) is 4. The number of hydrogen-bond donors (Lipinski definition) is 0. The monoisotopic (exact) mass is 635 g/mol. The van der Waals surface area contributed by atoms with Crippen LogP contribution in [0.15, 0.2) is 0 Å². The van der Waals surface area contributed by atoms with Gasteiger partial charge < -0.3 is 0 Å². The molecular formula is C36H74O4S2. The molecule has 0 atom stereocenters. The normalized spacial score (nSPS) is 12.5. The Bertz CT molecular complexity index is 697. The lowest BCUT2D eigenvalue weighted by Crippen LogP contribution is -2.24. The number of sulfone groups is 2. The molecule has 0 aromatic heterocycles. The second kappa shape index (κ2) is 29.6. The van der Waals surface area contributed by atoms with Crippen molar-refractivity contribution in [2.24, 2.45) is 5.92 Å². The maximum Gasteiger partial charge on any atom is 0.150 e. The third-order valence-corrected chi connectivity index (χ3v) is 12.7. The highest BCUT2D eigenvalue weighted by Gasteiger charge is 2.21. The molecule has 0 amide bonds. The molecule has 0 heterocycles. The maximum absolute atomic E-state index is 12.5. The van der Waals surface area contributed by atoms with E-state index in [1.807, 2.05) is 0 Å². The largest absolute Gasteiger partial charge is 0.229 e. The first-order chi connectivity index (χ1) is 20.2. The molecule has 6 heteroatoms. The summed E-state index contributed by atoms with van der Waals surface area (Å²) in [4.78, 5) is 0. The van der Waals surface area contributed by atoms with Crippen molar-refractivity contribution in [3.8, 4) is 0 Å². The van der Waals surface area contributed by atoms with Crippen LogP contribution in [-0.2, 0) is 19.7 Å². The third-order valence-electron chi connectivity index (χ3n) is 8.69. The Labute approximate surface area is 265 Å². The molecule has 0 radical (unpaired) electrons. The predicted octanol–water partition coefficient (Wildman–Crippen LogP) is 11.4. The van der Waals surface area contributed by atoms with Gasteiger partial charge in [0.1, 0.15) is 0 Å². The topological polar surface area (TPSA) is 68.3 Å². The molecule has 0 rings (SSSR count). The van der Waals surface area contributed by atoms with E-state index in [1.54, 1.807) is 6.92 Å². The summed E-state index contributed by atoms with van der Waals surface area (Å²) in [6.45, 7) is 6.31. The van der Waals surface area contributed by atoms with Gasteiger partial charge in [0, 0.05) is 0 Å². The van der Waals surface area contributed by atoms with E-state index in [9.17, 15) is 16.8 Å². The van der Waals surface area contributed by atoms with Crippen molar-refractivity contribution in [1.82, 2.24) is 0 Å². The molecule has 0 fully saturated rings. The van der Waals surface area contributed by atoms with E-state index in [2.05, 4.69) is 13.8 Å². The fourth-order valence-electron chi connectivity index (χ4n) is 6.11. The van der Waals surface area contributed by atoms with E-state index in [-0.39, 0.29) is 28.9 Å². The van der Waals surface area contributed by atoms with E-state index < -0.39 is 19.7 Å². The molecule has 254 valence electrons. The number of unbranched alkanes of at least 4 members (excludes halogenated alkanes) is 26. The van der Waals surface area contributed by atoms with Crippen LogP contribution in [-0.4, -0.2) is 39.8 Å². The molecular weight excluding hydrogens is 561 g/mol. The van der Waals surface area contributed by atoms with Crippen LogP contribution < -0.4 is 0 Å². The van der Waals surface area contributed by atoms with Crippen LogP contribution >= 0.6 is 0 Å². The highest BCUT2D eigenvalue weighted by molar-refractivity contribution is 7.92. The van der Waals surface area contributed by atoms with E-state index in [0.29, 0.717) is 12.8 Å². The Morgan fingerprint density at radius 3 is 0.738 bits per heavy atom. The molecule has 0 aliphatic rings. The van der Waals surface area contributed by atoms with Crippen molar-refractivity contribution < 1.29 is 16.8 Å². The van der Waals surface area contributed by atoms with Gasteiger partial charge in [-0.05, 0) is 18.8 Å². The molecule has 0 aliphatic carbocycles. The van der Waals surface area contributed by atoms with Crippen LogP contribution in [0.5, 0.6) is 0 Å². The van der Waals surface area contributed by atoms with Crippen LogP contribution in [0.1, 0.15) is 201 Å². The van der Waals surface area contributed by atoms with Crippen molar-refractivity contribution in [1.29, 1.82) is 0 Å². The summed E-state index contributed by atoms with van der Waals surface area (Å²) in [5.41, 5.74) is 0. The molecule has 0 spiro atoms.